The Labute approximate surface area is 111 Å². The number of H-pyrrole nitrogens is 1. The highest BCUT2D eigenvalue weighted by molar-refractivity contribution is 5.86. The first kappa shape index (κ1) is 12.0. The summed E-state index contributed by atoms with van der Waals surface area (Å²) >= 11 is 0. The second kappa shape index (κ2) is 4.90. The molecule has 0 saturated heterocycles. The molecule has 1 aromatic carbocycles. The van der Waals surface area contributed by atoms with E-state index in [1.54, 1.807) is 6.20 Å². The van der Waals surface area contributed by atoms with Crippen LogP contribution in [0.2, 0.25) is 0 Å². The third-order valence-corrected chi connectivity index (χ3v) is 3.71. The van der Waals surface area contributed by atoms with Crippen LogP contribution in [0, 0.1) is 11.3 Å². The summed E-state index contributed by atoms with van der Waals surface area (Å²) in [6, 6.07) is 6.25. The molecule has 0 amide bonds. The molecule has 1 saturated carbocycles. The molecule has 3 rings (SSSR count). The molecule has 0 bridgehead atoms. The Balaban J connectivity index is 1.86. The van der Waals surface area contributed by atoms with Gasteiger partial charge in [-0.15, -0.1) is 0 Å². The van der Waals surface area contributed by atoms with Crippen molar-refractivity contribution in [3.63, 3.8) is 0 Å². The van der Waals surface area contributed by atoms with Gasteiger partial charge in [-0.3, -0.25) is 5.10 Å². The number of aromatic amines is 1. The Morgan fingerprint density at radius 2 is 2.11 bits per heavy atom. The maximum absolute atomic E-state index is 9.31. The molecule has 0 aliphatic heterocycles. The molecule has 5 heteroatoms. The number of aromatic nitrogens is 2. The number of nitrogens with two attached hydrogens (primary N) is 1. The maximum Gasteiger partial charge on any atom is 0.138 e. The minimum atomic E-state index is 0.163. The normalized spacial score (nSPS) is 23.2. The van der Waals surface area contributed by atoms with Gasteiger partial charge in [-0.25, -0.2) is 0 Å². The van der Waals surface area contributed by atoms with E-state index in [2.05, 4.69) is 16.3 Å². The van der Waals surface area contributed by atoms with Gasteiger partial charge in [-0.2, -0.15) is 10.4 Å². The Kier molecular flexibility index (Phi) is 3.10. The Morgan fingerprint density at radius 3 is 2.84 bits per heavy atom. The molecule has 19 heavy (non-hydrogen) atoms. The molecule has 1 aliphatic carbocycles. The van der Waals surface area contributed by atoms with Crippen molar-refractivity contribution in [3.05, 3.63) is 23.9 Å². The van der Waals surface area contributed by atoms with Crippen LogP contribution in [0.4, 0.5) is 0 Å². The van der Waals surface area contributed by atoms with E-state index in [1.165, 1.54) is 0 Å². The van der Waals surface area contributed by atoms with Gasteiger partial charge in [0.05, 0.1) is 17.8 Å². The molecule has 5 nitrogen and oxygen atoms in total. The van der Waals surface area contributed by atoms with E-state index in [-0.39, 0.29) is 6.10 Å². The van der Waals surface area contributed by atoms with Crippen LogP contribution >= 0.6 is 0 Å². The monoisotopic (exact) mass is 256 g/mol. The zero-order valence-corrected chi connectivity index (χ0v) is 10.6. The summed E-state index contributed by atoms with van der Waals surface area (Å²) in [7, 11) is 0. The summed E-state index contributed by atoms with van der Waals surface area (Å²) in [4.78, 5) is 0. The standard InChI is InChI=1S/C14H16N4O/c15-7-11-12-8-17-18-13(12)5-6-14(11)19-10-3-1-9(16)2-4-10/h5-6,8-10H,1-4,16H2,(H,17,18)/t9-,10+. The first-order valence-corrected chi connectivity index (χ1v) is 6.56. The quantitative estimate of drug-likeness (QED) is 0.861. The van der Waals surface area contributed by atoms with Crippen LogP contribution in [0.1, 0.15) is 31.2 Å². The van der Waals surface area contributed by atoms with Crippen molar-refractivity contribution >= 4 is 10.9 Å². The molecular weight excluding hydrogens is 240 g/mol. The van der Waals surface area contributed by atoms with Gasteiger partial charge in [0.25, 0.3) is 0 Å². The van der Waals surface area contributed by atoms with Gasteiger partial charge in [-0.1, -0.05) is 0 Å². The van der Waals surface area contributed by atoms with Crippen molar-refractivity contribution in [1.29, 1.82) is 5.26 Å². The highest BCUT2D eigenvalue weighted by Gasteiger charge is 2.21. The van der Waals surface area contributed by atoms with Gasteiger partial charge in [0.1, 0.15) is 17.4 Å². The molecule has 0 radical (unpaired) electrons. The average Bonchev–Trinajstić information content (AvgIpc) is 2.89. The lowest BCUT2D eigenvalue weighted by molar-refractivity contribution is 0.147. The van der Waals surface area contributed by atoms with Crippen LogP contribution in [-0.4, -0.2) is 22.3 Å². The molecule has 2 aromatic rings. The first-order chi connectivity index (χ1) is 9.28. The lowest BCUT2D eigenvalue weighted by Gasteiger charge is -2.27. The minimum absolute atomic E-state index is 0.163. The van der Waals surface area contributed by atoms with E-state index in [9.17, 15) is 5.26 Å². The highest BCUT2D eigenvalue weighted by atomic mass is 16.5. The van der Waals surface area contributed by atoms with Gasteiger partial charge in [0.2, 0.25) is 0 Å². The van der Waals surface area contributed by atoms with E-state index < -0.39 is 0 Å². The fourth-order valence-corrected chi connectivity index (χ4v) is 2.60. The molecular formula is C14H16N4O. The summed E-state index contributed by atoms with van der Waals surface area (Å²) in [5.41, 5.74) is 7.30. The van der Waals surface area contributed by atoms with Crippen molar-refractivity contribution in [2.75, 3.05) is 0 Å². The first-order valence-electron chi connectivity index (χ1n) is 6.56. The van der Waals surface area contributed by atoms with Crippen LogP contribution in [-0.2, 0) is 0 Å². The molecule has 0 atom stereocenters. The van der Waals surface area contributed by atoms with Crippen LogP contribution in [0.25, 0.3) is 10.9 Å². The van der Waals surface area contributed by atoms with Gasteiger partial charge < -0.3 is 10.5 Å². The van der Waals surface area contributed by atoms with E-state index in [0.717, 1.165) is 36.6 Å². The maximum atomic E-state index is 9.31. The Morgan fingerprint density at radius 1 is 1.32 bits per heavy atom. The van der Waals surface area contributed by atoms with Crippen LogP contribution in [0.3, 0.4) is 0 Å². The van der Waals surface area contributed by atoms with Crippen molar-refractivity contribution in [3.8, 4) is 11.8 Å². The van der Waals surface area contributed by atoms with Crippen LogP contribution in [0.5, 0.6) is 5.75 Å². The Hall–Kier alpha value is -2.06. The van der Waals surface area contributed by atoms with Crippen molar-refractivity contribution in [2.45, 2.75) is 37.8 Å². The van der Waals surface area contributed by atoms with Gasteiger partial charge in [0, 0.05) is 11.4 Å². The van der Waals surface area contributed by atoms with Crippen molar-refractivity contribution in [1.82, 2.24) is 10.2 Å². The lowest BCUT2D eigenvalue weighted by atomic mass is 9.93. The highest BCUT2D eigenvalue weighted by Crippen LogP contribution is 2.29. The molecule has 98 valence electrons. The zero-order valence-electron chi connectivity index (χ0n) is 10.6. The molecule has 1 aromatic heterocycles. The lowest BCUT2D eigenvalue weighted by Crippen LogP contribution is -2.31. The smallest absolute Gasteiger partial charge is 0.138 e. The predicted molar refractivity (Wildman–Crippen MR) is 71.7 cm³/mol. The van der Waals surface area contributed by atoms with Gasteiger partial charge in [0.15, 0.2) is 0 Å². The number of ether oxygens (including phenoxy) is 1. The van der Waals surface area contributed by atoms with Crippen LogP contribution < -0.4 is 10.5 Å². The SMILES string of the molecule is N#Cc1c(O[C@H]2CC[C@@H](N)CC2)ccc2[nH]ncc12. The fourth-order valence-electron chi connectivity index (χ4n) is 2.60. The van der Waals surface area contributed by atoms with E-state index >= 15 is 0 Å². The molecule has 1 fully saturated rings. The van der Waals surface area contributed by atoms with E-state index in [4.69, 9.17) is 10.5 Å². The van der Waals surface area contributed by atoms with Crippen molar-refractivity contribution < 1.29 is 4.74 Å². The third-order valence-electron chi connectivity index (χ3n) is 3.71. The average molecular weight is 256 g/mol. The second-order valence-electron chi connectivity index (χ2n) is 5.04. The van der Waals surface area contributed by atoms with Crippen LogP contribution in [0.15, 0.2) is 18.3 Å². The second-order valence-corrected chi connectivity index (χ2v) is 5.04. The number of benzene rings is 1. The molecule has 0 unspecified atom stereocenters. The summed E-state index contributed by atoms with van der Waals surface area (Å²) in [5.74, 6) is 0.650. The third kappa shape index (κ3) is 2.27. The molecule has 0 spiro atoms. The number of nitrogens with one attached hydrogen (secondary N) is 1. The van der Waals surface area contributed by atoms with Gasteiger partial charge in [-0.05, 0) is 37.8 Å². The largest absolute Gasteiger partial charge is 0.489 e. The minimum Gasteiger partial charge on any atom is -0.489 e. The summed E-state index contributed by atoms with van der Waals surface area (Å²) in [5, 5.41) is 16.9. The summed E-state index contributed by atoms with van der Waals surface area (Å²) in [6.45, 7) is 0. The van der Waals surface area contributed by atoms with E-state index in [0.29, 0.717) is 17.4 Å². The number of nitrogens with zero attached hydrogens (tertiary/aromatic N) is 2. The number of hydrogen-bond acceptors (Lipinski definition) is 4. The topological polar surface area (TPSA) is 87.7 Å². The summed E-state index contributed by atoms with van der Waals surface area (Å²) in [6.07, 6.45) is 5.71. The van der Waals surface area contributed by atoms with Crippen molar-refractivity contribution in [2.24, 2.45) is 5.73 Å². The number of rotatable bonds is 2. The fraction of sp³-hybridized carbons (Fsp3) is 0.429. The molecule has 1 heterocycles. The number of nitriles is 1. The molecule has 1 aliphatic rings. The predicted octanol–water partition coefficient (Wildman–Crippen LogP) is 2.08. The molecule has 3 N–H and O–H groups in total. The summed E-state index contributed by atoms with van der Waals surface area (Å²) < 4.78 is 5.98. The Bertz CT molecular complexity index is 620. The van der Waals surface area contributed by atoms with Gasteiger partial charge >= 0.3 is 0 Å². The number of hydrogen-bond donors (Lipinski definition) is 2. The van der Waals surface area contributed by atoms with E-state index in [1.807, 2.05) is 12.1 Å². The zero-order chi connectivity index (χ0) is 13.2. The number of fused-ring (bicyclic) bond motifs is 1.